The van der Waals surface area contributed by atoms with Crippen molar-refractivity contribution in [1.29, 1.82) is 0 Å². The third-order valence-electron chi connectivity index (χ3n) is 4.62. The predicted octanol–water partition coefficient (Wildman–Crippen LogP) is 1.22. The number of carbonyl (C=O) groups is 2. The number of carboxylic acids is 1. The standard InChI is InChI=1S/C14H27N3O3/c1-6-16-7-9-17(10-8-16)12(20)15-14(4,5)13(2,3)11(18)19/h6-10H2,1-5H3,(H,15,20)(H,18,19). The van der Waals surface area contributed by atoms with Crippen LogP contribution in [0, 0.1) is 5.41 Å². The highest BCUT2D eigenvalue weighted by Gasteiger charge is 2.45. The quantitative estimate of drug-likeness (QED) is 0.814. The predicted molar refractivity (Wildman–Crippen MR) is 77.7 cm³/mol. The van der Waals surface area contributed by atoms with Crippen LogP contribution in [0.25, 0.3) is 0 Å². The van der Waals surface area contributed by atoms with Crippen molar-refractivity contribution in [2.75, 3.05) is 32.7 Å². The van der Waals surface area contributed by atoms with Gasteiger partial charge in [0.05, 0.1) is 11.0 Å². The van der Waals surface area contributed by atoms with Crippen molar-refractivity contribution in [2.24, 2.45) is 5.41 Å². The second-order valence-corrected chi connectivity index (χ2v) is 6.41. The molecule has 0 aromatic heterocycles. The first-order valence-corrected chi connectivity index (χ1v) is 7.14. The molecule has 2 amide bonds. The first-order chi connectivity index (χ1) is 9.11. The van der Waals surface area contributed by atoms with Gasteiger partial charge in [-0.1, -0.05) is 6.92 Å². The van der Waals surface area contributed by atoms with Crippen LogP contribution >= 0.6 is 0 Å². The highest BCUT2D eigenvalue weighted by molar-refractivity contribution is 5.79. The molecule has 0 aromatic rings. The molecule has 0 aliphatic carbocycles. The fourth-order valence-corrected chi connectivity index (χ4v) is 2.04. The molecule has 1 rings (SSSR count). The number of carbonyl (C=O) groups excluding carboxylic acids is 1. The van der Waals surface area contributed by atoms with Crippen LogP contribution < -0.4 is 5.32 Å². The molecular formula is C14H27N3O3. The summed E-state index contributed by atoms with van der Waals surface area (Å²) >= 11 is 0. The molecule has 2 N–H and O–H groups in total. The Labute approximate surface area is 121 Å². The number of hydrogen-bond acceptors (Lipinski definition) is 3. The third kappa shape index (κ3) is 3.42. The SMILES string of the molecule is CCN1CCN(C(=O)NC(C)(C)C(C)(C)C(=O)O)CC1. The molecule has 0 spiro atoms. The van der Waals surface area contributed by atoms with Crippen molar-refractivity contribution in [3.63, 3.8) is 0 Å². The molecule has 0 bridgehead atoms. The maximum atomic E-state index is 12.3. The minimum atomic E-state index is -1.03. The van der Waals surface area contributed by atoms with Crippen LogP contribution in [0.5, 0.6) is 0 Å². The Morgan fingerprint density at radius 3 is 2.00 bits per heavy atom. The molecule has 1 aliphatic rings. The molecule has 1 fully saturated rings. The summed E-state index contributed by atoms with van der Waals surface area (Å²) in [6, 6.07) is -0.180. The van der Waals surface area contributed by atoms with Gasteiger partial charge in [0.1, 0.15) is 0 Å². The summed E-state index contributed by atoms with van der Waals surface area (Å²) in [6.45, 7) is 13.0. The molecule has 0 aromatic carbocycles. The zero-order chi connectivity index (χ0) is 15.6. The number of piperazine rings is 1. The number of amides is 2. The van der Waals surface area contributed by atoms with Crippen LogP contribution in [0.1, 0.15) is 34.6 Å². The van der Waals surface area contributed by atoms with Gasteiger partial charge in [-0.05, 0) is 34.2 Å². The van der Waals surface area contributed by atoms with E-state index in [0.717, 1.165) is 19.6 Å². The summed E-state index contributed by atoms with van der Waals surface area (Å²) in [6.07, 6.45) is 0. The van der Waals surface area contributed by atoms with E-state index in [1.807, 2.05) is 0 Å². The Balaban J connectivity index is 2.64. The fraction of sp³-hybridized carbons (Fsp3) is 0.857. The molecule has 0 atom stereocenters. The van der Waals surface area contributed by atoms with Gasteiger partial charge in [0.25, 0.3) is 0 Å². The van der Waals surface area contributed by atoms with E-state index < -0.39 is 16.9 Å². The van der Waals surface area contributed by atoms with E-state index in [9.17, 15) is 14.7 Å². The lowest BCUT2D eigenvalue weighted by atomic mass is 9.74. The Kier molecular flexibility index (Phi) is 5.02. The maximum absolute atomic E-state index is 12.3. The number of rotatable bonds is 4. The van der Waals surface area contributed by atoms with Gasteiger partial charge in [0.15, 0.2) is 0 Å². The second kappa shape index (κ2) is 5.99. The molecule has 0 radical (unpaired) electrons. The lowest BCUT2D eigenvalue weighted by Crippen LogP contribution is -2.61. The Morgan fingerprint density at radius 2 is 1.60 bits per heavy atom. The van der Waals surface area contributed by atoms with Crippen LogP contribution in [0.3, 0.4) is 0 Å². The minimum absolute atomic E-state index is 0.180. The van der Waals surface area contributed by atoms with Crippen LogP contribution in [0.2, 0.25) is 0 Å². The summed E-state index contributed by atoms with van der Waals surface area (Å²) in [5.41, 5.74) is -1.86. The van der Waals surface area contributed by atoms with Gasteiger partial charge >= 0.3 is 12.0 Å². The number of nitrogens with zero attached hydrogens (tertiary/aromatic N) is 2. The van der Waals surface area contributed by atoms with Crippen LogP contribution in [-0.2, 0) is 4.79 Å². The zero-order valence-electron chi connectivity index (χ0n) is 13.2. The van der Waals surface area contributed by atoms with Crippen molar-refractivity contribution in [2.45, 2.75) is 40.2 Å². The topological polar surface area (TPSA) is 72.9 Å². The van der Waals surface area contributed by atoms with Crippen molar-refractivity contribution in [3.05, 3.63) is 0 Å². The van der Waals surface area contributed by atoms with Gasteiger partial charge in [-0.3, -0.25) is 4.79 Å². The number of hydrogen-bond donors (Lipinski definition) is 2. The summed E-state index contributed by atoms with van der Waals surface area (Å²) in [5, 5.41) is 12.2. The highest BCUT2D eigenvalue weighted by atomic mass is 16.4. The van der Waals surface area contributed by atoms with Crippen molar-refractivity contribution in [3.8, 4) is 0 Å². The minimum Gasteiger partial charge on any atom is -0.481 e. The van der Waals surface area contributed by atoms with Gasteiger partial charge in [-0.2, -0.15) is 0 Å². The van der Waals surface area contributed by atoms with E-state index in [4.69, 9.17) is 0 Å². The lowest BCUT2D eigenvalue weighted by Gasteiger charge is -2.41. The summed E-state index contributed by atoms with van der Waals surface area (Å²) in [5.74, 6) is -0.918. The molecule has 1 aliphatic heterocycles. The van der Waals surface area contributed by atoms with Crippen LogP contribution in [0.15, 0.2) is 0 Å². The van der Waals surface area contributed by atoms with E-state index in [0.29, 0.717) is 13.1 Å². The largest absolute Gasteiger partial charge is 0.481 e. The highest BCUT2D eigenvalue weighted by Crippen LogP contribution is 2.30. The van der Waals surface area contributed by atoms with E-state index in [2.05, 4.69) is 17.1 Å². The molecular weight excluding hydrogens is 258 g/mol. The average Bonchev–Trinajstić information content (AvgIpc) is 2.37. The smallest absolute Gasteiger partial charge is 0.317 e. The Morgan fingerprint density at radius 1 is 1.10 bits per heavy atom. The van der Waals surface area contributed by atoms with Gasteiger partial charge in [-0.15, -0.1) is 0 Å². The maximum Gasteiger partial charge on any atom is 0.317 e. The Bertz CT molecular complexity index is 372. The molecule has 6 nitrogen and oxygen atoms in total. The number of carboxylic acid groups (broad SMARTS) is 1. The van der Waals surface area contributed by atoms with Crippen molar-refractivity contribution < 1.29 is 14.7 Å². The summed E-state index contributed by atoms with van der Waals surface area (Å²) < 4.78 is 0. The van der Waals surface area contributed by atoms with E-state index in [1.54, 1.807) is 32.6 Å². The second-order valence-electron chi connectivity index (χ2n) is 6.41. The number of nitrogens with one attached hydrogen (secondary N) is 1. The normalized spacial score (nSPS) is 17.9. The van der Waals surface area contributed by atoms with Gasteiger partial charge in [0, 0.05) is 26.2 Å². The number of likely N-dealkylation sites (N-methyl/N-ethyl adjacent to an activating group) is 1. The summed E-state index contributed by atoms with van der Waals surface area (Å²) in [7, 11) is 0. The van der Waals surface area contributed by atoms with E-state index in [-0.39, 0.29) is 6.03 Å². The Hall–Kier alpha value is -1.30. The van der Waals surface area contributed by atoms with Gasteiger partial charge in [0.2, 0.25) is 0 Å². The van der Waals surface area contributed by atoms with Crippen LogP contribution in [-0.4, -0.2) is 65.2 Å². The molecule has 0 unspecified atom stereocenters. The molecule has 1 saturated heterocycles. The third-order valence-corrected chi connectivity index (χ3v) is 4.62. The molecule has 0 saturated carbocycles. The van der Waals surface area contributed by atoms with E-state index in [1.165, 1.54) is 0 Å². The van der Waals surface area contributed by atoms with Crippen molar-refractivity contribution in [1.82, 2.24) is 15.1 Å². The van der Waals surface area contributed by atoms with Crippen LogP contribution in [0.4, 0.5) is 4.79 Å². The number of aliphatic carboxylic acids is 1. The number of urea groups is 1. The summed E-state index contributed by atoms with van der Waals surface area (Å²) in [4.78, 5) is 27.7. The first kappa shape index (κ1) is 16.8. The van der Waals surface area contributed by atoms with E-state index >= 15 is 0 Å². The average molecular weight is 285 g/mol. The van der Waals surface area contributed by atoms with Gasteiger partial charge < -0.3 is 20.2 Å². The first-order valence-electron chi connectivity index (χ1n) is 7.14. The molecule has 20 heavy (non-hydrogen) atoms. The fourth-order valence-electron chi connectivity index (χ4n) is 2.04. The molecule has 1 heterocycles. The zero-order valence-corrected chi connectivity index (χ0v) is 13.2. The lowest BCUT2D eigenvalue weighted by molar-refractivity contribution is -0.150. The molecule has 116 valence electrons. The monoisotopic (exact) mass is 285 g/mol. The van der Waals surface area contributed by atoms with Crippen molar-refractivity contribution >= 4 is 12.0 Å². The van der Waals surface area contributed by atoms with Gasteiger partial charge in [-0.25, -0.2) is 4.79 Å². The molecule has 6 heteroatoms.